The fraction of sp³-hybridized carbons (Fsp3) is 0.222. The van der Waals surface area contributed by atoms with Gasteiger partial charge in [-0.3, -0.25) is 4.79 Å². The van der Waals surface area contributed by atoms with Crippen molar-refractivity contribution in [2.45, 2.75) is 6.04 Å². The molecule has 1 unspecified atom stereocenters. The predicted octanol–water partition coefficient (Wildman–Crippen LogP) is 1.40. The first-order chi connectivity index (χ1) is 7.52. The van der Waals surface area contributed by atoms with Crippen LogP contribution in [0, 0.1) is 5.82 Å². The lowest BCUT2D eigenvalue weighted by Crippen LogP contribution is -2.22. The molecule has 0 saturated carbocycles. The Kier molecular flexibility index (Phi) is 2.73. The lowest BCUT2D eigenvalue weighted by molar-refractivity contribution is -0.138. The van der Waals surface area contributed by atoms with Crippen molar-refractivity contribution in [2.24, 2.45) is 5.73 Å². The smallest absolute Gasteiger partial charge is 0.325 e. The van der Waals surface area contributed by atoms with Crippen molar-refractivity contribution in [1.82, 2.24) is 0 Å². The minimum atomic E-state index is -1.45. The molecule has 0 bridgehead atoms. The van der Waals surface area contributed by atoms with E-state index in [2.05, 4.69) is 15.9 Å². The molecule has 1 aliphatic heterocycles. The average Bonchev–Trinajstić information content (AvgIpc) is 2.65. The second kappa shape index (κ2) is 3.91. The molecule has 0 spiro atoms. The number of hydrogen-bond acceptors (Lipinski definition) is 4. The van der Waals surface area contributed by atoms with Crippen LogP contribution in [0.1, 0.15) is 11.6 Å². The first-order valence-corrected chi connectivity index (χ1v) is 5.07. The molecule has 1 atom stereocenters. The molecule has 5 nitrogen and oxygen atoms in total. The van der Waals surface area contributed by atoms with Crippen LogP contribution in [0.2, 0.25) is 0 Å². The van der Waals surface area contributed by atoms with Gasteiger partial charge < -0.3 is 20.3 Å². The van der Waals surface area contributed by atoms with Crippen LogP contribution in [0.5, 0.6) is 11.5 Å². The fourth-order valence-electron chi connectivity index (χ4n) is 1.40. The van der Waals surface area contributed by atoms with Crippen molar-refractivity contribution in [3.05, 3.63) is 21.9 Å². The lowest BCUT2D eigenvalue weighted by atomic mass is 10.1. The van der Waals surface area contributed by atoms with Crippen LogP contribution in [0.15, 0.2) is 10.5 Å². The summed E-state index contributed by atoms with van der Waals surface area (Å²) in [7, 11) is 0. The standard InChI is InChI=1S/C9H7BrFNO4/c10-6-5(7(12)9(13)14)3(11)1-4-8(6)16-2-15-4/h1,7H,2,12H2,(H,13,14). The minimum Gasteiger partial charge on any atom is -0.480 e. The highest BCUT2D eigenvalue weighted by atomic mass is 79.9. The Morgan fingerprint density at radius 3 is 2.94 bits per heavy atom. The Bertz CT molecular complexity index is 465. The van der Waals surface area contributed by atoms with E-state index in [0.29, 0.717) is 0 Å². The zero-order valence-corrected chi connectivity index (χ0v) is 9.45. The van der Waals surface area contributed by atoms with E-state index in [4.69, 9.17) is 20.3 Å². The summed E-state index contributed by atoms with van der Waals surface area (Å²) in [6.45, 7) is -0.0286. The van der Waals surface area contributed by atoms with Gasteiger partial charge in [-0.25, -0.2) is 4.39 Å². The van der Waals surface area contributed by atoms with Crippen molar-refractivity contribution in [2.75, 3.05) is 6.79 Å². The summed E-state index contributed by atoms with van der Waals surface area (Å²) in [5.41, 5.74) is 5.21. The number of hydrogen-bond donors (Lipinski definition) is 2. The predicted molar refractivity (Wildman–Crippen MR) is 54.8 cm³/mol. The van der Waals surface area contributed by atoms with E-state index >= 15 is 0 Å². The molecule has 0 aromatic heterocycles. The molecule has 0 amide bonds. The molecular formula is C9H7BrFNO4. The second-order valence-electron chi connectivity index (χ2n) is 3.14. The Balaban J connectivity index is 2.58. The van der Waals surface area contributed by atoms with Crippen molar-refractivity contribution in [1.29, 1.82) is 0 Å². The van der Waals surface area contributed by atoms with E-state index in [9.17, 15) is 9.18 Å². The molecule has 86 valence electrons. The van der Waals surface area contributed by atoms with Gasteiger partial charge in [0.05, 0.1) is 4.47 Å². The monoisotopic (exact) mass is 291 g/mol. The van der Waals surface area contributed by atoms with Crippen molar-refractivity contribution >= 4 is 21.9 Å². The molecular weight excluding hydrogens is 285 g/mol. The number of nitrogens with two attached hydrogens (primary N) is 1. The molecule has 7 heteroatoms. The highest BCUT2D eigenvalue weighted by molar-refractivity contribution is 9.10. The third-order valence-corrected chi connectivity index (χ3v) is 2.96. The molecule has 1 aliphatic rings. The molecule has 1 aromatic carbocycles. The number of carbonyl (C=O) groups is 1. The zero-order chi connectivity index (χ0) is 11.9. The van der Waals surface area contributed by atoms with Gasteiger partial charge in [-0.2, -0.15) is 0 Å². The van der Waals surface area contributed by atoms with Crippen LogP contribution in [0.4, 0.5) is 4.39 Å². The maximum Gasteiger partial charge on any atom is 0.325 e. The van der Waals surface area contributed by atoms with E-state index < -0.39 is 17.8 Å². The van der Waals surface area contributed by atoms with Gasteiger partial charge in [-0.1, -0.05) is 0 Å². The van der Waals surface area contributed by atoms with Gasteiger partial charge in [0.25, 0.3) is 0 Å². The van der Waals surface area contributed by atoms with Crippen LogP contribution in [0.25, 0.3) is 0 Å². The molecule has 0 aliphatic carbocycles. The number of rotatable bonds is 2. The minimum absolute atomic E-state index is 0.0286. The van der Waals surface area contributed by atoms with Crippen LogP contribution in [0.3, 0.4) is 0 Å². The molecule has 2 rings (SSSR count). The molecule has 16 heavy (non-hydrogen) atoms. The number of carboxylic acids is 1. The lowest BCUT2D eigenvalue weighted by Gasteiger charge is -2.12. The summed E-state index contributed by atoms with van der Waals surface area (Å²) >= 11 is 3.06. The van der Waals surface area contributed by atoms with E-state index in [1.807, 2.05) is 0 Å². The van der Waals surface area contributed by atoms with Gasteiger partial charge in [-0.05, 0) is 15.9 Å². The quantitative estimate of drug-likeness (QED) is 0.861. The topological polar surface area (TPSA) is 81.8 Å². The highest BCUT2D eigenvalue weighted by Crippen LogP contribution is 2.43. The summed E-state index contributed by atoms with van der Waals surface area (Å²) in [6.07, 6.45) is 0. The molecule has 3 N–H and O–H groups in total. The van der Waals surface area contributed by atoms with Crippen molar-refractivity contribution in [3.63, 3.8) is 0 Å². The summed E-state index contributed by atoms with van der Waals surface area (Å²) < 4.78 is 23.8. The second-order valence-corrected chi connectivity index (χ2v) is 3.93. The van der Waals surface area contributed by atoms with Crippen LogP contribution in [-0.2, 0) is 4.79 Å². The molecule has 1 heterocycles. The van der Waals surface area contributed by atoms with Crippen molar-refractivity contribution < 1.29 is 23.8 Å². The number of carboxylic acid groups (broad SMARTS) is 1. The van der Waals surface area contributed by atoms with Gasteiger partial charge in [0.15, 0.2) is 11.5 Å². The van der Waals surface area contributed by atoms with E-state index in [0.717, 1.165) is 6.07 Å². The Morgan fingerprint density at radius 2 is 2.31 bits per heavy atom. The molecule has 0 fully saturated rings. The normalized spacial score (nSPS) is 14.9. The first kappa shape index (κ1) is 11.2. The first-order valence-electron chi connectivity index (χ1n) is 4.28. The van der Waals surface area contributed by atoms with Crippen molar-refractivity contribution in [3.8, 4) is 11.5 Å². The zero-order valence-electron chi connectivity index (χ0n) is 7.87. The summed E-state index contributed by atoms with van der Waals surface area (Å²) in [5.74, 6) is -1.57. The number of aliphatic carboxylic acids is 1. The number of benzene rings is 1. The average molecular weight is 292 g/mol. The Morgan fingerprint density at radius 1 is 1.62 bits per heavy atom. The largest absolute Gasteiger partial charge is 0.480 e. The van der Waals surface area contributed by atoms with Gasteiger partial charge in [0.1, 0.15) is 11.9 Å². The Hall–Kier alpha value is -1.34. The van der Waals surface area contributed by atoms with Gasteiger partial charge in [-0.15, -0.1) is 0 Å². The van der Waals surface area contributed by atoms with Crippen LogP contribution >= 0.6 is 15.9 Å². The molecule has 1 aromatic rings. The third-order valence-electron chi connectivity index (χ3n) is 2.17. The summed E-state index contributed by atoms with van der Waals surface area (Å²) in [6, 6.07) is -0.394. The molecule has 0 saturated heterocycles. The number of halogens is 2. The maximum atomic E-state index is 13.6. The summed E-state index contributed by atoms with van der Waals surface area (Å²) in [5, 5.41) is 8.75. The summed E-state index contributed by atoms with van der Waals surface area (Å²) in [4.78, 5) is 10.7. The van der Waals surface area contributed by atoms with E-state index in [-0.39, 0.29) is 28.3 Å². The SMILES string of the molecule is NC(C(=O)O)c1c(F)cc2c(c1Br)OCO2. The number of ether oxygens (including phenoxy) is 2. The molecule has 0 radical (unpaired) electrons. The van der Waals surface area contributed by atoms with E-state index in [1.54, 1.807) is 0 Å². The Labute approximate surface area is 98.1 Å². The fourth-order valence-corrected chi connectivity index (χ4v) is 2.14. The van der Waals surface area contributed by atoms with E-state index in [1.165, 1.54) is 0 Å². The maximum absolute atomic E-state index is 13.6. The third kappa shape index (κ3) is 1.61. The highest BCUT2D eigenvalue weighted by Gasteiger charge is 2.29. The van der Waals surface area contributed by atoms with Crippen LogP contribution in [-0.4, -0.2) is 17.9 Å². The number of fused-ring (bicyclic) bond motifs is 1. The van der Waals surface area contributed by atoms with Gasteiger partial charge in [0.2, 0.25) is 6.79 Å². The van der Waals surface area contributed by atoms with Gasteiger partial charge in [0, 0.05) is 11.6 Å². The van der Waals surface area contributed by atoms with Gasteiger partial charge >= 0.3 is 5.97 Å². The van der Waals surface area contributed by atoms with Crippen LogP contribution < -0.4 is 15.2 Å².